The van der Waals surface area contributed by atoms with Gasteiger partial charge in [0.25, 0.3) is 5.91 Å². The summed E-state index contributed by atoms with van der Waals surface area (Å²) in [6, 6.07) is 8.39. The first-order chi connectivity index (χ1) is 12.2. The van der Waals surface area contributed by atoms with E-state index in [1.54, 1.807) is 29.0 Å². The van der Waals surface area contributed by atoms with E-state index in [4.69, 9.17) is 0 Å². The van der Waals surface area contributed by atoms with Crippen molar-refractivity contribution in [3.63, 3.8) is 0 Å². The molecule has 1 saturated heterocycles. The highest BCUT2D eigenvalue weighted by molar-refractivity contribution is 5.91. The van der Waals surface area contributed by atoms with Crippen LogP contribution in [0.5, 0.6) is 0 Å². The van der Waals surface area contributed by atoms with Crippen LogP contribution in [0.3, 0.4) is 0 Å². The second-order valence-corrected chi connectivity index (χ2v) is 6.45. The molecule has 7 heteroatoms. The highest BCUT2D eigenvalue weighted by atomic mass is 16.2. The average Bonchev–Trinajstić information content (AvgIpc) is 3.32. The molecule has 0 aliphatic carbocycles. The zero-order valence-electron chi connectivity index (χ0n) is 14.1. The molecule has 1 aliphatic heterocycles. The molecule has 2 aromatic heterocycles. The zero-order chi connectivity index (χ0) is 17.2. The molecular formula is C18H20N6O. The second kappa shape index (κ2) is 6.60. The van der Waals surface area contributed by atoms with Crippen LogP contribution in [-0.4, -0.2) is 50.9 Å². The van der Waals surface area contributed by atoms with Gasteiger partial charge in [-0.3, -0.25) is 9.78 Å². The van der Waals surface area contributed by atoms with Gasteiger partial charge in [0.05, 0.1) is 12.2 Å². The lowest BCUT2D eigenvalue weighted by Gasteiger charge is -2.16. The molecule has 1 unspecified atom stereocenters. The van der Waals surface area contributed by atoms with E-state index in [9.17, 15) is 4.79 Å². The van der Waals surface area contributed by atoms with Gasteiger partial charge in [-0.1, -0.05) is 17.3 Å². The molecule has 1 atom stereocenters. The summed E-state index contributed by atoms with van der Waals surface area (Å²) in [6.45, 7) is 2.37. The largest absolute Gasteiger partial charge is 0.336 e. The highest BCUT2D eigenvalue weighted by Crippen LogP contribution is 2.17. The van der Waals surface area contributed by atoms with Crippen LogP contribution in [-0.2, 0) is 6.54 Å². The fourth-order valence-corrected chi connectivity index (χ4v) is 3.19. The van der Waals surface area contributed by atoms with Gasteiger partial charge in [-0.05, 0) is 36.0 Å². The number of rotatable bonds is 4. The topological polar surface area (TPSA) is 75.9 Å². The van der Waals surface area contributed by atoms with E-state index in [2.05, 4.69) is 26.7 Å². The monoisotopic (exact) mass is 336 g/mol. The SMILES string of the molecule is CN(Cc1ccc2cnccc2c1)C(=O)c1cn(C2CCNC2)nn1. The first kappa shape index (κ1) is 15.7. The van der Waals surface area contributed by atoms with Crippen molar-refractivity contribution in [1.29, 1.82) is 0 Å². The number of pyridine rings is 1. The quantitative estimate of drug-likeness (QED) is 0.784. The van der Waals surface area contributed by atoms with Crippen molar-refractivity contribution in [2.75, 3.05) is 20.1 Å². The van der Waals surface area contributed by atoms with Crippen molar-refractivity contribution in [2.45, 2.75) is 19.0 Å². The number of aromatic nitrogens is 4. The Kier molecular flexibility index (Phi) is 4.15. The number of fused-ring (bicyclic) bond motifs is 1. The molecular weight excluding hydrogens is 316 g/mol. The van der Waals surface area contributed by atoms with Gasteiger partial charge in [-0.25, -0.2) is 4.68 Å². The molecule has 0 radical (unpaired) electrons. The van der Waals surface area contributed by atoms with Crippen LogP contribution in [0.2, 0.25) is 0 Å². The summed E-state index contributed by atoms with van der Waals surface area (Å²) in [5.74, 6) is -0.118. The van der Waals surface area contributed by atoms with Gasteiger partial charge < -0.3 is 10.2 Å². The summed E-state index contributed by atoms with van der Waals surface area (Å²) in [7, 11) is 1.79. The molecule has 3 heterocycles. The van der Waals surface area contributed by atoms with E-state index in [1.807, 2.05) is 24.4 Å². The Morgan fingerprint density at radius 2 is 2.28 bits per heavy atom. The summed E-state index contributed by atoms with van der Waals surface area (Å²) in [5.41, 5.74) is 1.46. The molecule has 1 aromatic carbocycles. The molecule has 0 spiro atoms. The van der Waals surface area contributed by atoms with Crippen LogP contribution in [0, 0.1) is 0 Å². The third-order valence-electron chi connectivity index (χ3n) is 4.61. The van der Waals surface area contributed by atoms with Crippen LogP contribution < -0.4 is 5.32 Å². The molecule has 1 amide bonds. The van der Waals surface area contributed by atoms with E-state index < -0.39 is 0 Å². The predicted molar refractivity (Wildman–Crippen MR) is 94.1 cm³/mol. The number of hydrogen-bond donors (Lipinski definition) is 1. The summed E-state index contributed by atoms with van der Waals surface area (Å²) in [5, 5.41) is 13.7. The van der Waals surface area contributed by atoms with Crippen molar-refractivity contribution in [2.24, 2.45) is 0 Å². The minimum atomic E-state index is -0.118. The van der Waals surface area contributed by atoms with Crippen molar-refractivity contribution < 1.29 is 4.79 Å². The number of benzene rings is 1. The Balaban J connectivity index is 1.47. The standard InChI is InChI=1S/C18H20N6O/c1-23(11-13-2-3-15-9-19-6-4-14(15)8-13)18(25)17-12-24(22-21-17)16-5-7-20-10-16/h2-4,6,8-9,12,16,20H,5,7,10-11H2,1H3. The van der Waals surface area contributed by atoms with E-state index in [0.717, 1.165) is 35.8 Å². The maximum absolute atomic E-state index is 12.6. The second-order valence-electron chi connectivity index (χ2n) is 6.45. The molecule has 4 rings (SSSR count). The van der Waals surface area contributed by atoms with Crippen LogP contribution in [0.4, 0.5) is 0 Å². The Morgan fingerprint density at radius 3 is 3.12 bits per heavy atom. The van der Waals surface area contributed by atoms with Gasteiger partial charge >= 0.3 is 0 Å². The van der Waals surface area contributed by atoms with Gasteiger partial charge in [0, 0.05) is 37.9 Å². The number of hydrogen-bond acceptors (Lipinski definition) is 5. The molecule has 25 heavy (non-hydrogen) atoms. The van der Waals surface area contributed by atoms with E-state index >= 15 is 0 Å². The lowest BCUT2D eigenvalue weighted by molar-refractivity contribution is 0.0779. The molecule has 128 valence electrons. The number of carbonyl (C=O) groups is 1. The third-order valence-corrected chi connectivity index (χ3v) is 4.61. The smallest absolute Gasteiger partial charge is 0.276 e. The Labute approximate surface area is 145 Å². The van der Waals surface area contributed by atoms with E-state index in [-0.39, 0.29) is 11.9 Å². The summed E-state index contributed by atoms with van der Waals surface area (Å²) in [6.07, 6.45) is 6.38. The van der Waals surface area contributed by atoms with Gasteiger partial charge in [-0.2, -0.15) is 0 Å². The summed E-state index contributed by atoms with van der Waals surface area (Å²) < 4.78 is 1.80. The Bertz CT molecular complexity index is 899. The van der Waals surface area contributed by atoms with Crippen LogP contribution in [0.25, 0.3) is 10.8 Å². The predicted octanol–water partition coefficient (Wildman–Crippen LogP) is 1.63. The molecule has 1 N–H and O–H groups in total. The number of nitrogens with one attached hydrogen (secondary N) is 1. The van der Waals surface area contributed by atoms with Gasteiger partial charge in [-0.15, -0.1) is 5.10 Å². The molecule has 0 saturated carbocycles. The van der Waals surface area contributed by atoms with E-state index in [0.29, 0.717) is 12.2 Å². The fourth-order valence-electron chi connectivity index (χ4n) is 3.19. The maximum Gasteiger partial charge on any atom is 0.276 e. The van der Waals surface area contributed by atoms with Crippen molar-refractivity contribution in [1.82, 2.24) is 30.2 Å². The van der Waals surface area contributed by atoms with E-state index in [1.165, 1.54) is 0 Å². The van der Waals surface area contributed by atoms with Crippen molar-refractivity contribution >= 4 is 16.7 Å². The highest BCUT2D eigenvalue weighted by Gasteiger charge is 2.21. The number of carbonyl (C=O) groups excluding carboxylic acids is 1. The van der Waals surface area contributed by atoms with Crippen molar-refractivity contribution in [3.8, 4) is 0 Å². The van der Waals surface area contributed by atoms with Crippen molar-refractivity contribution in [3.05, 3.63) is 54.1 Å². The molecule has 7 nitrogen and oxygen atoms in total. The first-order valence-electron chi connectivity index (χ1n) is 8.41. The van der Waals surface area contributed by atoms with Crippen LogP contribution >= 0.6 is 0 Å². The number of nitrogens with zero attached hydrogens (tertiary/aromatic N) is 5. The van der Waals surface area contributed by atoms with Gasteiger partial charge in [0.15, 0.2) is 5.69 Å². The molecule has 1 aliphatic rings. The summed E-state index contributed by atoms with van der Waals surface area (Å²) in [4.78, 5) is 18.4. The first-order valence-corrected chi connectivity index (χ1v) is 8.41. The third kappa shape index (κ3) is 3.23. The lowest BCUT2D eigenvalue weighted by atomic mass is 10.1. The molecule has 0 bridgehead atoms. The minimum absolute atomic E-state index is 0.118. The molecule has 3 aromatic rings. The van der Waals surface area contributed by atoms with Crippen LogP contribution in [0.1, 0.15) is 28.5 Å². The molecule has 1 fully saturated rings. The minimum Gasteiger partial charge on any atom is -0.336 e. The Morgan fingerprint density at radius 1 is 1.36 bits per heavy atom. The lowest BCUT2D eigenvalue weighted by Crippen LogP contribution is -2.26. The van der Waals surface area contributed by atoms with Gasteiger partial charge in [0.1, 0.15) is 0 Å². The number of amides is 1. The van der Waals surface area contributed by atoms with Gasteiger partial charge in [0.2, 0.25) is 0 Å². The maximum atomic E-state index is 12.6. The average molecular weight is 336 g/mol. The summed E-state index contributed by atoms with van der Waals surface area (Å²) >= 11 is 0. The fraction of sp³-hybridized carbons (Fsp3) is 0.333. The Hall–Kier alpha value is -2.80. The van der Waals surface area contributed by atoms with Crippen LogP contribution in [0.15, 0.2) is 42.9 Å². The zero-order valence-corrected chi connectivity index (χ0v) is 14.1. The normalized spacial score (nSPS) is 17.1.